The molecule has 0 saturated heterocycles. The molecular weight excluding hydrogens is 314 g/mol. The number of fused-ring (bicyclic) bond motifs is 3. The van der Waals surface area contributed by atoms with Gasteiger partial charge >= 0.3 is 5.97 Å². The zero-order valence-electron chi connectivity index (χ0n) is 13.4. The van der Waals surface area contributed by atoms with Crippen LogP contribution in [0.1, 0.15) is 12.5 Å². The lowest BCUT2D eigenvalue weighted by molar-refractivity contribution is -0.139. The quantitative estimate of drug-likeness (QED) is 0.541. The van der Waals surface area contributed by atoms with Gasteiger partial charge in [0.2, 0.25) is 0 Å². The van der Waals surface area contributed by atoms with Gasteiger partial charge in [-0.1, -0.05) is 11.8 Å². The maximum absolute atomic E-state index is 11.7. The van der Waals surface area contributed by atoms with Gasteiger partial charge in [-0.15, -0.1) is 10.2 Å². The Bertz CT molecular complexity index is 891. The minimum Gasteiger partial charge on any atom is -0.497 e. The lowest BCUT2D eigenvalue weighted by Gasteiger charge is -2.11. The van der Waals surface area contributed by atoms with E-state index in [1.807, 2.05) is 35.6 Å². The minimum atomic E-state index is -0.366. The molecule has 7 heteroatoms. The molecule has 0 aliphatic rings. The van der Waals surface area contributed by atoms with Gasteiger partial charge in [-0.2, -0.15) is 0 Å². The highest BCUT2D eigenvalue weighted by Crippen LogP contribution is 2.30. The van der Waals surface area contributed by atoms with E-state index >= 15 is 0 Å². The van der Waals surface area contributed by atoms with Crippen molar-refractivity contribution in [3.05, 3.63) is 29.8 Å². The zero-order valence-corrected chi connectivity index (χ0v) is 14.2. The number of nitrogens with zero attached hydrogens (tertiary/aromatic N) is 3. The first-order valence-corrected chi connectivity index (χ1v) is 8.00. The van der Waals surface area contributed by atoms with Crippen LogP contribution in [0, 0.1) is 6.92 Å². The molecule has 1 atom stereocenters. The second-order valence-corrected chi connectivity index (χ2v) is 6.48. The number of esters is 1. The Balaban J connectivity index is 2.20. The molecule has 23 heavy (non-hydrogen) atoms. The summed E-state index contributed by atoms with van der Waals surface area (Å²) in [5, 5.41) is 9.82. The van der Waals surface area contributed by atoms with Crippen LogP contribution in [-0.2, 0) is 9.53 Å². The molecule has 0 radical (unpaired) electrons. The van der Waals surface area contributed by atoms with Crippen LogP contribution in [0.3, 0.4) is 0 Å². The first-order valence-electron chi connectivity index (χ1n) is 7.12. The van der Waals surface area contributed by atoms with E-state index in [4.69, 9.17) is 9.47 Å². The number of pyridine rings is 1. The summed E-state index contributed by atoms with van der Waals surface area (Å²) in [5.74, 6) is 0.468. The van der Waals surface area contributed by atoms with Gasteiger partial charge in [-0.25, -0.2) is 0 Å². The van der Waals surface area contributed by atoms with Crippen LogP contribution in [0.2, 0.25) is 0 Å². The average Bonchev–Trinajstić information content (AvgIpc) is 2.96. The summed E-state index contributed by atoms with van der Waals surface area (Å²) in [5.41, 5.74) is 2.80. The van der Waals surface area contributed by atoms with E-state index in [-0.39, 0.29) is 11.2 Å². The first-order chi connectivity index (χ1) is 11.0. The molecule has 2 aromatic heterocycles. The third kappa shape index (κ3) is 2.72. The number of carbonyl (C=O) groups excluding carboxylic acids is 1. The van der Waals surface area contributed by atoms with E-state index in [2.05, 4.69) is 10.2 Å². The van der Waals surface area contributed by atoms with Crippen LogP contribution in [0.5, 0.6) is 5.75 Å². The second kappa shape index (κ2) is 6.08. The van der Waals surface area contributed by atoms with Gasteiger partial charge in [0, 0.05) is 11.5 Å². The highest BCUT2D eigenvalue weighted by Gasteiger charge is 2.19. The molecule has 120 valence electrons. The van der Waals surface area contributed by atoms with Gasteiger partial charge in [-0.3, -0.25) is 9.20 Å². The topological polar surface area (TPSA) is 65.7 Å². The van der Waals surface area contributed by atoms with E-state index in [9.17, 15) is 4.79 Å². The molecule has 0 unspecified atom stereocenters. The summed E-state index contributed by atoms with van der Waals surface area (Å²) in [6.07, 6.45) is 0. The fraction of sp³-hybridized carbons (Fsp3) is 0.312. The molecule has 0 amide bonds. The van der Waals surface area contributed by atoms with Gasteiger partial charge in [0.05, 0.1) is 19.7 Å². The van der Waals surface area contributed by atoms with Crippen molar-refractivity contribution in [1.29, 1.82) is 0 Å². The van der Waals surface area contributed by atoms with Gasteiger partial charge in [0.1, 0.15) is 11.0 Å². The number of hydrogen-bond donors (Lipinski definition) is 0. The number of ether oxygens (including phenoxy) is 2. The Hall–Kier alpha value is -2.28. The number of aromatic nitrogens is 3. The lowest BCUT2D eigenvalue weighted by Crippen LogP contribution is -2.15. The van der Waals surface area contributed by atoms with Crippen LogP contribution in [-0.4, -0.2) is 40.0 Å². The maximum atomic E-state index is 11.7. The van der Waals surface area contributed by atoms with E-state index in [1.54, 1.807) is 14.0 Å². The molecule has 0 spiro atoms. The summed E-state index contributed by atoms with van der Waals surface area (Å²) in [4.78, 5) is 11.7. The highest BCUT2D eigenvalue weighted by molar-refractivity contribution is 8.00. The fourth-order valence-electron chi connectivity index (χ4n) is 2.48. The molecule has 0 N–H and O–H groups in total. The average molecular weight is 331 g/mol. The molecule has 0 fully saturated rings. The van der Waals surface area contributed by atoms with Crippen LogP contribution in [0.25, 0.3) is 16.6 Å². The molecule has 0 saturated carbocycles. The van der Waals surface area contributed by atoms with Crippen LogP contribution in [0.4, 0.5) is 0 Å². The number of aryl methyl sites for hydroxylation is 1. The Morgan fingerprint density at radius 2 is 2.04 bits per heavy atom. The van der Waals surface area contributed by atoms with Crippen LogP contribution < -0.4 is 4.74 Å². The SMILES string of the molecule is COC(=O)[C@H](C)Sc1nnc2cc(C)c3ccc(OC)cc3n12. The van der Waals surface area contributed by atoms with Gasteiger partial charge in [-0.05, 0) is 37.6 Å². The van der Waals surface area contributed by atoms with Crippen molar-refractivity contribution in [2.45, 2.75) is 24.3 Å². The van der Waals surface area contributed by atoms with E-state index in [1.165, 1.54) is 18.9 Å². The maximum Gasteiger partial charge on any atom is 0.318 e. The van der Waals surface area contributed by atoms with E-state index < -0.39 is 0 Å². The second-order valence-electron chi connectivity index (χ2n) is 5.17. The Labute approximate surface area is 137 Å². The van der Waals surface area contributed by atoms with Crippen molar-refractivity contribution in [1.82, 2.24) is 14.6 Å². The van der Waals surface area contributed by atoms with Crippen molar-refractivity contribution in [2.24, 2.45) is 0 Å². The third-order valence-electron chi connectivity index (χ3n) is 3.69. The van der Waals surface area contributed by atoms with Crippen LogP contribution >= 0.6 is 11.8 Å². The Morgan fingerprint density at radius 1 is 1.26 bits per heavy atom. The number of carbonyl (C=O) groups is 1. The molecule has 6 nitrogen and oxygen atoms in total. The molecule has 3 rings (SSSR count). The van der Waals surface area contributed by atoms with E-state index in [0.29, 0.717) is 5.16 Å². The molecule has 3 aromatic rings. The van der Waals surface area contributed by atoms with Gasteiger partial charge in [0.25, 0.3) is 0 Å². The van der Waals surface area contributed by atoms with Crippen molar-refractivity contribution >= 4 is 34.3 Å². The Morgan fingerprint density at radius 3 is 2.74 bits per heavy atom. The number of benzene rings is 1. The molecular formula is C16H17N3O3S. The van der Waals surface area contributed by atoms with Crippen LogP contribution in [0.15, 0.2) is 29.4 Å². The standard InChI is InChI=1S/C16H17N3O3S/c1-9-7-14-17-18-16(23-10(2)15(20)22-4)19(14)13-8-11(21-3)5-6-12(9)13/h5-8,10H,1-4H3/t10-/m0/s1. The summed E-state index contributed by atoms with van der Waals surface area (Å²) in [6.45, 7) is 3.82. The van der Waals surface area contributed by atoms with Gasteiger partial charge in [0.15, 0.2) is 10.8 Å². The summed E-state index contributed by atoms with van der Waals surface area (Å²) in [6, 6.07) is 7.87. The van der Waals surface area contributed by atoms with E-state index in [0.717, 1.165) is 27.9 Å². The highest BCUT2D eigenvalue weighted by atomic mass is 32.2. The number of methoxy groups -OCH3 is 2. The summed E-state index contributed by atoms with van der Waals surface area (Å²) < 4.78 is 12.0. The number of thioether (sulfide) groups is 1. The lowest BCUT2D eigenvalue weighted by atomic mass is 10.1. The molecule has 0 aliphatic heterocycles. The molecule has 1 aromatic carbocycles. The molecule has 0 bridgehead atoms. The molecule has 0 aliphatic carbocycles. The Kier molecular flexibility index (Phi) is 4.12. The molecule has 2 heterocycles. The van der Waals surface area contributed by atoms with Gasteiger partial charge < -0.3 is 9.47 Å². The third-order valence-corrected chi connectivity index (χ3v) is 4.71. The van der Waals surface area contributed by atoms with Crippen molar-refractivity contribution < 1.29 is 14.3 Å². The predicted molar refractivity (Wildman–Crippen MR) is 89.1 cm³/mol. The predicted octanol–water partition coefficient (Wildman–Crippen LogP) is 2.85. The first kappa shape index (κ1) is 15.6. The monoisotopic (exact) mass is 331 g/mol. The number of hydrogen-bond acceptors (Lipinski definition) is 6. The fourth-order valence-corrected chi connectivity index (χ4v) is 3.37. The minimum absolute atomic E-state index is 0.291. The number of rotatable bonds is 4. The summed E-state index contributed by atoms with van der Waals surface area (Å²) in [7, 11) is 3.01. The van der Waals surface area contributed by atoms with Crippen molar-refractivity contribution in [3.8, 4) is 5.75 Å². The smallest absolute Gasteiger partial charge is 0.318 e. The largest absolute Gasteiger partial charge is 0.497 e. The summed E-state index contributed by atoms with van der Waals surface area (Å²) >= 11 is 1.32. The van der Waals surface area contributed by atoms with Crippen molar-refractivity contribution in [3.63, 3.8) is 0 Å². The zero-order chi connectivity index (χ0) is 16.6. The van der Waals surface area contributed by atoms with Crippen molar-refractivity contribution in [2.75, 3.05) is 14.2 Å². The normalized spacial score (nSPS) is 12.5.